The van der Waals surface area contributed by atoms with Crippen LogP contribution in [0.4, 0.5) is 28.4 Å². The lowest BCUT2D eigenvalue weighted by molar-refractivity contribution is 0.866. The Morgan fingerprint density at radius 2 is 0.744 bits per heavy atom. The van der Waals surface area contributed by atoms with E-state index in [0.29, 0.717) is 0 Å². The minimum Gasteiger partial charge on any atom is -0.372 e. The molecule has 0 aliphatic rings. The van der Waals surface area contributed by atoms with Crippen LogP contribution in [-0.2, 0) is 0 Å². The quantitative estimate of drug-likeness (QED) is 0.174. The van der Waals surface area contributed by atoms with Crippen molar-refractivity contribution in [2.24, 2.45) is 0 Å². The first-order chi connectivity index (χ1) is 19.2. The van der Waals surface area contributed by atoms with Gasteiger partial charge in [0.25, 0.3) is 0 Å². The maximum absolute atomic E-state index is 2.38. The third-order valence-corrected chi connectivity index (χ3v) is 7.11. The third-order valence-electron chi connectivity index (χ3n) is 7.11. The molecule has 0 heterocycles. The number of anilines is 5. The standard InChI is InChI=1S/C36H41N3/c1-5-37(6-2)32-22-26-35(27-23-32)39(36-28-24-33(25-29-36)38(7-3)8-4)34-20-18-31(19-21-34)17-13-12-16-30-14-10-9-11-15-30/h9-29H,5-8H2,1-4H3. The van der Waals surface area contributed by atoms with Crippen molar-refractivity contribution in [2.45, 2.75) is 27.7 Å². The molecular formula is C36H41N3. The Hall–Kier alpha value is -4.24. The van der Waals surface area contributed by atoms with E-state index in [-0.39, 0.29) is 0 Å². The summed E-state index contributed by atoms with van der Waals surface area (Å²) >= 11 is 0. The van der Waals surface area contributed by atoms with Gasteiger partial charge in [0, 0.05) is 54.6 Å². The Bertz CT molecular complexity index is 1260. The zero-order valence-electron chi connectivity index (χ0n) is 23.8. The Labute approximate surface area is 235 Å². The van der Waals surface area contributed by atoms with E-state index < -0.39 is 0 Å². The first-order valence-corrected chi connectivity index (χ1v) is 14.2. The Morgan fingerprint density at radius 3 is 1.13 bits per heavy atom. The van der Waals surface area contributed by atoms with Crippen molar-refractivity contribution in [1.82, 2.24) is 0 Å². The van der Waals surface area contributed by atoms with Crippen LogP contribution in [0.15, 0.2) is 115 Å². The van der Waals surface area contributed by atoms with Crippen molar-refractivity contribution in [3.63, 3.8) is 0 Å². The highest BCUT2D eigenvalue weighted by atomic mass is 15.2. The molecule has 3 heteroatoms. The molecule has 0 radical (unpaired) electrons. The van der Waals surface area contributed by atoms with E-state index in [0.717, 1.165) is 43.2 Å². The first kappa shape index (κ1) is 27.8. The van der Waals surface area contributed by atoms with Gasteiger partial charge in [0.2, 0.25) is 0 Å². The fourth-order valence-corrected chi connectivity index (χ4v) is 4.88. The molecule has 0 unspecified atom stereocenters. The van der Waals surface area contributed by atoms with Gasteiger partial charge in [-0.3, -0.25) is 0 Å². The van der Waals surface area contributed by atoms with Gasteiger partial charge in [-0.15, -0.1) is 0 Å². The minimum absolute atomic E-state index is 1.00. The average molecular weight is 516 g/mol. The summed E-state index contributed by atoms with van der Waals surface area (Å²) in [6.45, 7) is 12.8. The highest BCUT2D eigenvalue weighted by Crippen LogP contribution is 2.36. The number of nitrogens with zero attached hydrogens (tertiary/aromatic N) is 3. The van der Waals surface area contributed by atoms with Crippen LogP contribution in [0.25, 0.3) is 12.2 Å². The van der Waals surface area contributed by atoms with Gasteiger partial charge < -0.3 is 14.7 Å². The summed E-state index contributed by atoms with van der Waals surface area (Å²) in [5, 5.41) is 0. The molecule has 0 saturated carbocycles. The van der Waals surface area contributed by atoms with Crippen LogP contribution in [-0.4, -0.2) is 26.2 Å². The van der Waals surface area contributed by atoms with E-state index >= 15 is 0 Å². The SMILES string of the molecule is CCN(CC)c1ccc(N(c2ccc(C=CC=Cc3ccccc3)cc2)c2ccc(N(CC)CC)cc2)cc1. The Balaban J connectivity index is 1.61. The molecular weight excluding hydrogens is 474 g/mol. The van der Waals surface area contributed by atoms with E-state index in [4.69, 9.17) is 0 Å². The van der Waals surface area contributed by atoms with Crippen molar-refractivity contribution in [3.8, 4) is 0 Å². The van der Waals surface area contributed by atoms with Crippen molar-refractivity contribution in [2.75, 3.05) is 40.9 Å². The molecule has 3 nitrogen and oxygen atoms in total. The first-order valence-electron chi connectivity index (χ1n) is 14.2. The maximum Gasteiger partial charge on any atom is 0.0463 e. The van der Waals surface area contributed by atoms with E-state index in [1.165, 1.54) is 22.5 Å². The predicted molar refractivity (Wildman–Crippen MR) is 173 cm³/mol. The van der Waals surface area contributed by atoms with Gasteiger partial charge in [-0.25, -0.2) is 0 Å². The monoisotopic (exact) mass is 515 g/mol. The van der Waals surface area contributed by atoms with Gasteiger partial charge >= 0.3 is 0 Å². The number of allylic oxidation sites excluding steroid dienone is 2. The Morgan fingerprint density at radius 1 is 0.410 bits per heavy atom. The molecule has 39 heavy (non-hydrogen) atoms. The van der Waals surface area contributed by atoms with Crippen LogP contribution in [0.1, 0.15) is 38.8 Å². The normalized spacial score (nSPS) is 11.3. The zero-order chi connectivity index (χ0) is 27.5. The fourth-order valence-electron chi connectivity index (χ4n) is 4.88. The molecule has 0 aliphatic carbocycles. The van der Waals surface area contributed by atoms with Gasteiger partial charge in [0.1, 0.15) is 0 Å². The minimum atomic E-state index is 1.00. The zero-order valence-corrected chi connectivity index (χ0v) is 23.8. The summed E-state index contributed by atoms with van der Waals surface area (Å²) in [5.74, 6) is 0. The van der Waals surface area contributed by atoms with Gasteiger partial charge in [-0.05, 0) is 99.5 Å². The molecule has 0 atom stereocenters. The van der Waals surface area contributed by atoms with E-state index in [2.05, 4.69) is 164 Å². The van der Waals surface area contributed by atoms with Crippen molar-refractivity contribution < 1.29 is 0 Å². The second-order valence-electron chi connectivity index (χ2n) is 9.43. The lowest BCUT2D eigenvalue weighted by Crippen LogP contribution is -2.22. The van der Waals surface area contributed by atoms with Crippen LogP contribution in [0.3, 0.4) is 0 Å². The fraction of sp³-hybridized carbons (Fsp3) is 0.222. The molecule has 0 spiro atoms. The lowest BCUT2D eigenvalue weighted by Gasteiger charge is -2.28. The van der Waals surface area contributed by atoms with E-state index in [1.54, 1.807) is 0 Å². The molecule has 4 aromatic rings. The number of benzene rings is 4. The maximum atomic E-state index is 2.38. The molecule has 4 aromatic carbocycles. The predicted octanol–water partition coefficient (Wildman–Crippen LogP) is 9.58. The molecule has 0 bridgehead atoms. The number of hydrogen-bond donors (Lipinski definition) is 0. The molecule has 200 valence electrons. The smallest absolute Gasteiger partial charge is 0.0463 e. The molecule has 0 aromatic heterocycles. The summed E-state index contributed by atoms with van der Waals surface area (Å²) < 4.78 is 0. The van der Waals surface area contributed by atoms with Gasteiger partial charge in [-0.1, -0.05) is 66.8 Å². The largest absolute Gasteiger partial charge is 0.372 e. The highest BCUT2D eigenvalue weighted by Gasteiger charge is 2.14. The Kier molecular flexibility index (Phi) is 10.0. The summed E-state index contributed by atoms with van der Waals surface area (Å²) in [6, 6.07) is 37.0. The topological polar surface area (TPSA) is 9.72 Å². The van der Waals surface area contributed by atoms with Gasteiger partial charge in [0.15, 0.2) is 0 Å². The van der Waals surface area contributed by atoms with Crippen LogP contribution in [0.2, 0.25) is 0 Å². The molecule has 0 saturated heterocycles. The van der Waals surface area contributed by atoms with E-state index in [9.17, 15) is 0 Å². The molecule has 0 fully saturated rings. The van der Waals surface area contributed by atoms with Crippen LogP contribution < -0.4 is 14.7 Å². The summed E-state index contributed by atoms with van der Waals surface area (Å²) in [5.41, 5.74) is 8.32. The average Bonchev–Trinajstić information content (AvgIpc) is 2.99. The van der Waals surface area contributed by atoms with Crippen LogP contribution in [0.5, 0.6) is 0 Å². The van der Waals surface area contributed by atoms with Crippen molar-refractivity contribution in [1.29, 1.82) is 0 Å². The summed E-state index contributed by atoms with van der Waals surface area (Å²) in [7, 11) is 0. The summed E-state index contributed by atoms with van der Waals surface area (Å²) in [4.78, 5) is 7.08. The second kappa shape index (κ2) is 14.1. The summed E-state index contributed by atoms with van der Waals surface area (Å²) in [6.07, 6.45) is 8.45. The molecule has 0 aliphatic heterocycles. The van der Waals surface area contributed by atoms with Crippen LogP contribution in [0, 0.1) is 0 Å². The second-order valence-corrected chi connectivity index (χ2v) is 9.43. The molecule has 0 N–H and O–H groups in total. The number of rotatable bonds is 12. The third kappa shape index (κ3) is 7.20. The highest BCUT2D eigenvalue weighted by molar-refractivity contribution is 5.79. The van der Waals surface area contributed by atoms with Crippen molar-refractivity contribution >= 4 is 40.6 Å². The van der Waals surface area contributed by atoms with Crippen molar-refractivity contribution in [3.05, 3.63) is 126 Å². The number of hydrogen-bond acceptors (Lipinski definition) is 3. The molecule has 4 rings (SSSR count). The van der Waals surface area contributed by atoms with Gasteiger partial charge in [-0.2, -0.15) is 0 Å². The van der Waals surface area contributed by atoms with Gasteiger partial charge in [0.05, 0.1) is 0 Å². The van der Waals surface area contributed by atoms with Crippen LogP contribution >= 0.6 is 0 Å². The molecule has 0 amide bonds. The van der Waals surface area contributed by atoms with E-state index in [1.807, 2.05) is 6.07 Å². The lowest BCUT2D eigenvalue weighted by atomic mass is 10.1.